The topological polar surface area (TPSA) is 49.8 Å². The number of rotatable bonds is 2. The summed E-state index contributed by atoms with van der Waals surface area (Å²) in [5.41, 5.74) is 1.33. The standard InChI is InChI=1S/C18H26FNO3/c1-12-5-6-15(19)10-13(12)9-14-11-20(8-7-16(14)21)17(22)23-18(2,3)4/h5-6,10,14,16,21H,7-9,11H2,1-4H3. The molecule has 5 heteroatoms. The molecule has 2 rings (SSSR count). The molecule has 2 unspecified atom stereocenters. The third-order valence-electron chi connectivity index (χ3n) is 4.14. The quantitative estimate of drug-likeness (QED) is 0.908. The summed E-state index contributed by atoms with van der Waals surface area (Å²) in [7, 11) is 0. The number of benzene rings is 1. The monoisotopic (exact) mass is 323 g/mol. The molecule has 1 N–H and O–H groups in total. The third kappa shape index (κ3) is 4.93. The van der Waals surface area contributed by atoms with Gasteiger partial charge in [-0.05, 0) is 63.8 Å². The Morgan fingerprint density at radius 1 is 1.43 bits per heavy atom. The van der Waals surface area contributed by atoms with Gasteiger partial charge in [-0.15, -0.1) is 0 Å². The van der Waals surface area contributed by atoms with Crippen molar-refractivity contribution in [3.63, 3.8) is 0 Å². The molecule has 1 heterocycles. The van der Waals surface area contributed by atoms with Crippen molar-refractivity contribution >= 4 is 6.09 Å². The van der Waals surface area contributed by atoms with Crippen molar-refractivity contribution in [2.24, 2.45) is 5.92 Å². The van der Waals surface area contributed by atoms with Gasteiger partial charge in [0, 0.05) is 19.0 Å². The van der Waals surface area contributed by atoms with Crippen molar-refractivity contribution in [3.8, 4) is 0 Å². The van der Waals surface area contributed by atoms with Crippen molar-refractivity contribution in [2.75, 3.05) is 13.1 Å². The summed E-state index contributed by atoms with van der Waals surface area (Å²) < 4.78 is 18.8. The maximum Gasteiger partial charge on any atom is 0.410 e. The Hall–Kier alpha value is -1.62. The van der Waals surface area contributed by atoms with Crippen LogP contribution in [-0.2, 0) is 11.2 Å². The molecule has 0 saturated carbocycles. The second-order valence-electron chi connectivity index (χ2n) is 7.32. The molecule has 1 aromatic carbocycles. The van der Waals surface area contributed by atoms with E-state index in [4.69, 9.17) is 4.74 Å². The highest BCUT2D eigenvalue weighted by Gasteiger charge is 2.32. The number of amides is 1. The smallest absolute Gasteiger partial charge is 0.410 e. The van der Waals surface area contributed by atoms with Crippen molar-refractivity contribution in [2.45, 2.75) is 52.2 Å². The second kappa shape index (κ2) is 6.87. The fourth-order valence-corrected chi connectivity index (χ4v) is 2.86. The maximum atomic E-state index is 13.4. The molecule has 1 aliphatic rings. The first kappa shape index (κ1) is 17.7. The highest BCUT2D eigenvalue weighted by molar-refractivity contribution is 5.68. The number of hydrogen-bond donors (Lipinski definition) is 1. The number of aryl methyl sites for hydroxylation is 1. The van der Waals surface area contributed by atoms with E-state index < -0.39 is 11.7 Å². The lowest BCUT2D eigenvalue weighted by Gasteiger charge is -2.37. The van der Waals surface area contributed by atoms with Gasteiger partial charge in [0.2, 0.25) is 0 Å². The summed E-state index contributed by atoms with van der Waals surface area (Å²) in [6.45, 7) is 8.32. The number of nitrogens with zero attached hydrogens (tertiary/aromatic N) is 1. The van der Waals surface area contributed by atoms with Gasteiger partial charge in [-0.1, -0.05) is 6.07 Å². The first-order chi connectivity index (χ1) is 10.7. The van der Waals surface area contributed by atoms with E-state index >= 15 is 0 Å². The van der Waals surface area contributed by atoms with Crippen LogP contribution in [-0.4, -0.2) is 40.9 Å². The summed E-state index contributed by atoms with van der Waals surface area (Å²) >= 11 is 0. The number of aliphatic hydroxyl groups excluding tert-OH is 1. The summed E-state index contributed by atoms with van der Waals surface area (Å²) in [4.78, 5) is 13.8. The Morgan fingerprint density at radius 2 is 2.13 bits per heavy atom. The van der Waals surface area contributed by atoms with Gasteiger partial charge in [0.25, 0.3) is 0 Å². The van der Waals surface area contributed by atoms with Gasteiger partial charge in [-0.2, -0.15) is 0 Å². The highest BCUT2D eigenvalue weighted by atomic mass is 19.1. The second-order valence-corrected chi connectivity index (χ2v) is 7.32. The zero-order chi connectivity index (χ0) is 17.2. The number of carbonyl (C=O) groups is 1. The SMILES string of the molecule is Cc1ccc(F)cc1CC1CN(C(=O)OC(C)(C)C)CCC1O. The zero-order valence-corrected chi connectivity index (χ0v) is 14.3. The van der Waals surface area contributed by atoms with Crippen LogP contribution in [0.4, 0.5) is 9.18 Å². The molecule has 4 nitrogen and oxygen atoms in total. The van der Waals surface area contributed by atoms with Gasteiger partial charge in [0.1, 0.15) is 11.4 Å². The lowest BCUT2D eigenvalue weighted by Crippen LogP contribution is -2.48. The van der Waals surface area contributed by atoms with Crippen molar-refractivity contribution in [3.05, 3.63) is 35.1 Å². The number of aliphatic hydroxyl groups is 1. The third-order valence-corrected chi connectivity index (χ3v) is 4.14. The molecule has 0 aromatic heterocycles. The molecule has 0 bridgehead atoms. The molecule has 23 heavy (non-hydrogen) atoms. The predicted octanol–water partition coefficient (Wildman–Crippen LogP) is 3.29. The Labute approximate surface area is 137 Å². The molecule has 1 saturated heterocycles. The lowest BCUT2D eigenvalue weighted by atomic mass is 9.87. The van der Waals surface area contributed by atoms with E-state index in [0.717, 1.165) is 11.1 Å². The fraction of sp³-hybridized carbons (Fsp3) is 0.611. The van der Waals surface area contributed by atoms with Crippen LogP contribution in [0.3, 0.4) is 0 Å². The van der Waals surface area contributed by atoms with Crippen LogP contribution in [0.15, 0.2) is 18.2 Å². The first-order valence-corrected chi connectivity index (χ1v) is 8.07. The molecule has 1 aliphatic heterocycles. The van der Waals surface area contributed by atoms with Gasteiger partial charge in [-0.25, -0.2) is 9.18 Å². The lowest BCUT2D eigenvalue weighted by molar-refractivity contribution is -0.00827. The number of halogens is 1. The molecule has 0 aliphatic carbocycles. The fourth-order valence-electron chi connectivity index (χ4n) is 2.86. The predicted molar refractivity (Wildman–Crippen MR) is 86.8 cm³/mol. The van der Waals surface area contributed by atoms with Crippen LogP contribution in [0.5, 0.6) is 0 Å². The van der Waals surface area contributed by atoms with E-state index in [2.05, 4.69) is 0 Å². The molecular weight excluding hydrogens is 297 g/mol. The van der Waals surface area contributed by atoms with Crippen LogP contribution in [0.1, 0.15) is 38.3 Å². The van der Waals surface area contributed by atoms with Gasteiger partial charge in [-0.3, -0.25) is 0 Å². The largest absolute Gasteiger partial charge is 0.444 e. The molecule has 0 spiro atoms. The van der Waals surface area contributed by atoms with E-state index in [0.29, 0.717) is 25.9 Å². The van der Waals surface area contributed by atoms with Crippen LogP contribution in [0, 0.1) is 18.7 Å². The summed E-state index contributed by atoms with van der Waals surface area (Å²) in [5, 5.41) is 10.3. The van der Waals surface area contributed by atoms with Gasteiger partial charge in [0.05, 0.1) is 6.10 Å². The van der Waals surface area contributed by atoms with E-state index in [1.807, 2.05) is 27.7 Å². The summed E-state index contributed by atoms with van der Waals surface area (Å²) in [6.07, 6.45) is 0.212. The first-order valence-electron chi connectivity index (χ1n) is 8.07. The van der Waals surface area contributed by atoms with Crippen LogP contribution >= 0.6 is 0 Å². The van der Waals surface area contributed by atoms with E-state index in [1.54, 1.807) is 11.0 Å². The van der Waals surface area contributed by atoms with Crippen LogP contribution in [0.25, 0.3) is 0 Å². The summed E-state index contributed by atoms with van der Waals surface area (Å²) in [6, 6.07) is 4.68. The molecule has 128 valence electrons. The molecule has 1 fully saturated rings. The van der Waals surface area contributed by atoms with E-state index in [-0.39, 0.29) is 17.8 Å². The zero-order valence-electron chi connectivity index (χ0n) is 14.3. The Balaban J connectivity index is 2.06. The minimum atomic E-state index is -0.540. The minimum absolute atomic E-state index is 0.114. The molecule has 0 radical (unpaired) electrons. The molecule has 1 aromatic rings. The summed E-state index contributed by atoms with van der Waals surface area (Å²) in [5.74, 6) is -0.392. The number of ether oxygens (including phenoxy) is 1. The van der Waals surface area contributed by atoms with Crippen molar-refractivity contribution in [1.29, 1.82) is 0 Å². The minimum Gasteiger partial charge on any atom is -0.444 e. The average Bonchev–Trinajstić information content (AvgIpc) is 2.43. The van der Waals surface area contributed by atoms with Crippen LogP contribution in [0.2, 0.25) is 0 Å². The Bertz CT molecular complexity index is 568. The number of piperidine rings is 1. The van der Waals surface area contributed by atoms with Gasteiger partial charge in [0.15, 0.2) is 0 Å². The van der Waals surface area contributed by atoms with E-state index in [1.165, 1.54) is 12.1 Å². The van der Waals surface area contributed by atoms with Crippen LogP contribution < -0.4 is 0 Å². The van der Waals surface area contributed by atoms with Gasteiger partial charge >= 0.3 is 6.09 Å². The highest BCUT2D eigenvalue weighted by Crippen LogP contribution is 2.25. The molecule has 1 amide bonds. The van der Waals surface area contributed by atoms with Gasteiger partial charge < -0.3 is 14.7 Å². The molecule has 2 atom stereocenters. The van der Waals surface area contributed by atoms with E-state index in [9.17, 15) is 14.3 Å². The Kier molecular flexibility index (Phi) is 5.30. The number of carbonyl (C=O) groups excluding carboxylic acids is 1. The molecular formula is C18H26FNO3. The average molecular weight is 323 g/mol. The Morgan fingerprint density at radius 3 is 2.78 bits per heavy atom. The normalized spacial score (nSPS) is 22.1. The van der Waals surface area contributed by atoms with Crippen molar-refractivity contribution < 1.29 is 19.0 Å². The van der Waals surface area contributed by atoms with Crippen molar-refractivity contribution in [1.82, 2.24) is 4.90 Å². The number of likely N-dealkylation sites (tertiary alicyclic amines) is 1. The maximum absolute atomic E-state index is 13.4. The number of hydrogen-bond acceptors (Lipinski definition) is 3.